The molecule has 0 fully saturated rings. The van der Waals surface area contributed by atoms with Gasteiger partial charge in [0.1, 0.15) is 0 Å². The van der Waals surface area contributed by atoms with Crippen LogP contribution in [0.5, 0.6) is 0 Å². The molecule has 0 aromatic carbocycles. The van der Waals surface area contributed by atoms with E-state index in [0.717, 1.165) is 0 Å². The van der Waals surface area contributed by atoms with E-state index < -0.39 is 8.69 Å². The Bertz CT molecular complexity index is 32.1. The smallest absolute Gasteiger partial charge is 0.310 e. The first-order valence-corrected chi connectivity index (χ1v) is 4.95. The zero-order valence-electron chi connectivity index (χ0n) is 4.42. The molecule has 0 aliphatic heterocycles. The van der Waals surface area contributed by atoms with Gasteiger partial charge >= 0.3 is 45.3 Å². The summed E-state index contributed by atoms with van der Waals surface area (Å²) in [6.45, 7) is 2.21. The van der Waals surface area contributed by atoms with Crippen LogP contribution in [-0.2, 0) is 22.9 Å². The van der Waals surface area contributed by atoms with Crippen molar-refractivity contribution in [2.75, 3.05) is 0 Å². The van der Waals surface area contributed by atoms with Gasteiger partial charge in [-0.1, -0.05) is 0 Å². The molecule has 39 valence electrons. The van der Waals surface area contributed by atoms with Crippen LogP contribution in [0, 0.1) is 0 Å². The summed E-state index contributed by atoms with van der Waals surface area (Å²) in [6, 6.07) is 0. The van der Waals surface area contributed by atoms with E-state index in [-0.39, 0.29) is 0 Å². The Labute approximate surface area is 55.3 Å². The third-order valence-electron chi connectivity index (χ3n) is 0.354. The predicted molar refractivity (Wildman–Crippen MR) is 24.9 cm³/mol. The summed E-state index contributed by atoms with van der Waals surface area (Å²) in [5.74, 6) is 0. The van der Waals surface area contributed by atoms with Crippen LogP contribution in [-0.4, -0.2) is 4.89 Å². The fourth-order valence-corrected chi connectivity index (χ4v) is 0. The van der Waals surface area contributed by atoms with Crippen molar-refractivity contribution in [2.45, 2.75) is 18.4 Å². The van der Waals surface area contributed by atoms with Gasteiger partial charge in [0.05, 0.1) is 0 Å². The van der Waals surface area contributed by atoms with Gasteiger partial charge in [-0.05, 0) is 0 Å². The molecule has 0 heterocycles. The molecule has 0 aromatic heterocycles. The molecular formula is C3H8O2PZn. The maximum atomic E-state index is 8.46. The second kappa shape index (κ2) is 15.9. The molecule has 0 radical (unpaired) electrons. The average Bonchev–Trinajstić information content (AvgIpc) is 1.69. The van der Waals surface area contributed by atoms with E-state index in [0.29, 0.717) is 0 Å². The van der Waals surface area contributed by atoms with Crippen molar-refractivity contribution in [1.82, 2.24) is 0 Å². The molecule has 0 bridgehead atoms. The molecular weight excluding hydrogens is 164 g/mol. The molecule has 1 N–H and O–H groups in total. The fourth-order valence-electron chi connectivity index (χ4n) is 0. The summed E-state index contributed by atoms with van der Waals surface area (Å²) in [5, 5.41) is 1.44. The second-order valence-electron chi connectivity index (χ2n) is 0.935. The Hall–Kier alpha value is 0.683. The maximum absolute atomic E-state index is 8.46. The third-order valence-corrected chi connectivity index (χ3v) is 1.84. The van der Waals surface area contributed by atoms with Gasteiger partial charge in [0, 0.05) is 0 Å². The van der Waals surface area contributed by atoms with Crippen molar-refractivity contribution in [2.24, 2.45) is 0 Å². The predicted octanol–water partition coefficient (Wildman–Crippen LogP) is 1.55. The van der Waals surface area contributed by atoms with Gasteiger partial charge in [-0.2, -0.15) is 0 Å². The normalized spacial score (nSPS) is 7.43. The van der Waals surface area contributed by atoms with Gasteiger partial charge in [0.15, 0.2) is 0 Å². The Balaban J connectivity index is 0. The molecule has 0 aliphatic rings. The Kier molecular flexibility index (Phi) is 24.2. The van der Waals surface area contributed by atoms with Crippen LogP contribution in [0.15, 0.2) is 0 Å². The van der Waals surface area contributed by atoms with Crippen molar-refractivity contribution in [3.05, 3.63) is 0 Å². The molecule has 4 heteroatoms. The van der Waals surface area contributed by atoms with E-state index in [4.69, 9.17) is 9.46 Å². The molecule has 0 aliphatic carbocycles. The van der Waals surface area contributed by atoms with Gasteiger partial charge < -0.3 is 4.89 Å². The molecule has 0 aromatic rings. The number of hydrogen-bond donors (Lipinski definition) is 1. The first-order chi connectivity index (χ1) is 3.33. The Morgan fingerprint density at radius 2 is 2.00 bits per heavy atom. The van der Waals surface area contributed by atoms with E-state index >= 15 is 0 Å². The summed E-state index contributed by atoms with van der Waals surface area (Å²) in [5.41, 5.74) is 0. The van der Waals surface area contributed by atoms with Gasteiger partial charge in [-0.15, -0.1) is 0 Å². The van der Waals surface area contributed by atoms with Gasteiger partial charge in [0.25, 0.3) is 0 Å². The van der Waals surface area contributed by atoms with Crippen molar-refractivity contribution in [1.29, 1.82) is 0 Å². The van der Waals surface area contributed by atoms with Crippen LogP contribution in [0.1, 0.15) is 13.3 Å². The van der Waals surface area contributed by atoms with Crippen LogP contribution in [0.3, 0.4) is 0 Å². The molecule has 0 saturated carbocycles. The topological polar surface area (TPSA) is 37.3 Å². The minimum Gasteiger partial charge on any atom is -0.310 e. The van der Waals surface area contributed by atoms with Crippen LogP contribution < -0.4 is 0 Å². The zero-order chi connectivity index (χ0) is 6.12. The van der Waals surface area contributed by atoms with Gasteiger partial charge in [0.2, 0.25) is 0 Å². The first kappa shape index (κ1) is 10.6. The standard InChI is InChI=1S/C3H7.HO2P.Zn/c2*1-3-2;/h1,3H2,2H3;(H,1,2);. The molecule has 0 amide bonds. The van der Waals surface area contributed by atoms with Crippen LogP contribution >= 0.6 is 8.69 Å². The van der Waals surface area contributed by atoms with E-state index in [9.17, 15) is 0 Å². The summed E-state index contributed by atoms with van der Waals surface area (Å²) in [4.78, 5) is 6.99. The molecule has 0 spiro atoms. The Morgan fingerprint density at radius 3 is 2.00 bits per heavy atom. The molecule has 0 saturated heterocycles. The second-order valence-corrected chi connectivity index (χ2v) is 2.58. The molecule has 7 heavy (non-hydrogen) atoms. The van der Waals surface area contributed by atoms with E-state index in [1.54, 1.807) is 0 Å². The minimum atomic E-state index is -0.833. The van der Waals surface area contributed by atoms with E-state index in [1.165, 1.54) is 29.7 Å². The first-order valence-electron chi connectivity index (χ1n) is 2.09. The molecule has 0 atom stereocenters. The molecule has 0 unspecified atom stereocenters. The summed E-state index contributed by atoms with van der Waals surface area (Å²) >= 11 is 1.47. The summed E-state index contributed by atoms with van der Waals surface area (Å²) in [6.07, 6.45) is 1.38. The summed E-state index contributed by atoms with van der Waals surface area (Å²) < 4.78 is 8.46. The van der Waals surface area contributed by atoms with Gasteiger partial charge in [-0.3, -0.25) is 0 Å². The van der Waals surface area contributed by atoms with Crippen molar-refractivity contribution in [3.8, 4) is 0 Å². The number of hydrogen-bond acceptors (Lipinski definition) is 1. The SMILES string of the molecule is CC[CH2][Zn].O=PO. The van der Waals surface area contributed by atoms with E-state index in [2.05, 4.69) is 6.92 Å². The van der Waals surface area contributed by atoms with Crippen LogP contribution in [0.25, 0.3) is 0 Å². The maximum Gasteiger partial charge on any atom is 0.324 e. The minimum absolute atomic E-state index is 0.833. The zero-order valence-corrected chi connectivity index (χ0v) is 8.29. The average molecular weight is 172 g/mol. The van der Waals surface area contributed by atoms with Crippen molar-refractivity contribution in [3.63, 3.8) is 0 Å². The van der Waals surface area contributed by atoms with Crippen molar-refractivity contribution >= 4 is 8.69 Å². The summed E-state index contributed by atoms with van der Waals surface area (Å²) in [7, 11) is -0.833. The van der Waals surface area contributed by atoms with Crippen LogP contribution in [0.2, 0.25) is 5.02 Å². The fraction of sp³-hybridized carbons (Fsp3) is 1.00. The van der Waals surface area contributed by atoms with Crippen molar-refractivity contribution < 1.29 is 27.8 Å². The third kappa shape index (κ3) is 51.7. The monoisotopic (exact) mass is 171 g/mol. The largest absolute Gasteiger partial charge is 0.324 e. The quantitative estimate of drug-likeness (QED) is 0.481. The van der Waals surface area contributed by atoms with Crippen LogP contribution in [0.4, 0.5) is 0 Å². The number of rotatable bonds is 1. The Morgan fingerprint density at radius 1 is 1.86 bits per heavy atom. The van der Waals surface area contributed by atoms with Gasteiger partial charge in [-0.25, -0.2) is 4.57 Å². The molecule has 0 rings (SSSR count). The van der Waals surface area contributed by atoms with E-state index in [1.807, 2.05) is 0 Å². The molecule has 2 nitrogen and oxygen atoms in total.